The number of aromatic nitrogens is 3. The molecule has 0 aliphatic rings. The Labute approximate surface area is 135 Å². The van der Waals surface area contributed by atoms with Gasteiger partial charge in [0.25, 0.3) is 5.56 Å². The van der Waals surface area contributed by atoms with Gasteiger partial charge in [0, 0.05) is 30.9 Å². The third-order valence-corrected chi connectivity index (χ3v) is 4.72. The van der Waals surface area contributed by atoms with Crippen molar-refractivity contribution in [3.8, 4) is 0 Å². The Bertz CT molecular complexity index is 1010. The van der Waals surface area contributed by atoms with Gasteiger partial charge in [-0.15, -0.1) is 11.8 Å². The molecule has 0 saturated heterocycles. The summed E-state index contributed by atoms with van der Waals surface area (Å²) in [5, 5.41) is 0.401. The van der Waals surface area contributed by atoms with Gasteiger partial charge in [-0.05, 0) is 23.8 Å². The lowest BCUT2D eigenvalue weighted by molar-refractivity contribution is 0.626. The zero-order valence-corrected chi connectivity index (χ0v) is 13.4. The van der Waals surface area contributed by atoms with Gasteiger partial charge in [-0.3, -0.25) is 13.9 Å². The standard InChI is InChI=1S/C16H14FN3O2S/c1-19-14-13(15(21)20(2)16(19)22)12(6-7-18-14)23-9-10-4-3-5-11(17)8-10/h3-8H,9H2,1-2H3. The number of benzene rings is 1. The van der Waals surface area contributed by atoms with Crippen LogP contribution in [-0.2, 0) is 19.8 Å². The molecule has 23 heavy (non-hydrogen) atoms. The van der Waals surface area contributed by atoms with E-state index in [1.807, 2.05) is 6.07 Å². The van der Waals surface area contributed by atoms with E-state index in [1.54, 1.807) is 25.4 Å². The fourth-order valence-corrected chi connectivity index (χ4v) is 3.35. The number of nitrogens with zero attached hydrogens (tertiary/aromatic N) is 3. The maximum atomic E-state index is 13.2. The highest BCUT2D eigenvalue weighted by Gasteiger charge is 2.13. The lowest BCUT2D eigenvalue weighted by atomic mass is 10.2. The zero-order chi connectivity index (χ0) is 16.6. The summed E-state index contributed by atoms with van der Waals surface area (Å²) in [6.45, 7) is 0. The predicted octanol–water partition coefficient (Wildman–Crippen LogP) is 2.06. The van der Waals surface area contributed by atoms with E-state index >= 15 is 0 Å². The Morgan fingerprint density at radius 3 is 2.70 bits per heavy atom. The van der Waals surface area contributed by atoms with E-state index in [0.29, 0.717) is 16.8 Å². The number of halogens is 1. The van der Waals surface area contributed by atoms with Crippen LogP contribution in [0, 0.1) is 5.82 Å². The third-order valence-electron chi connectivity index (χ3n) is 3.59. The van der Waals surface area contributed by atoms with Gasteiger partial charge in [-0.1, -0.05) is 12.1 Å². The van der Waals surface area contributed by atoms with Gasteiger partial charge < -0.3 is 0 Å². The van der Waals surface area contributed by atoms with Gasteiger partial charge in [-0.25, -0.2) is 14.2 Å². The van der Waals surface area contributed by atoms with Gasteiger partial charge in [0.2, 0.25) is 0 Å². The van der Waals surface area contributed by atoms with Crippen LogP contribution in [0.15, 0.2) is 51.0 Å². The fraction of sp³-hybridized carbons (Fsp3) is 0.188. The molecule has 0 N–H and O–H groups in total. The molecule has 118 valence electrons. The van der Waals surface area contributed by atoms with Crippen molar-refractivity contribution in [1.29, 1.82) is 0 Å². The van der Waals surface area contributed by atoms with Gasteiger partial charge in [0.15, 0.2) is 0 Å². The van der Waals surface area contributed by atoms with Crippen molar-refractivity contribution in [3.63, 3.8) is 0 Å². The van der Waals surface area contributed by atoms with E-state index in [0.717, 1.165) is 15.0 Å². The average Bonchev–Trinajstić information content (AvgIpc) is 2.56. The first-order valence-electron chi connectivity index (χ1n) is 6.91. The summed E-state index contributed by atoms with van der Waals surface area (Å²) in [5.74, 6) is 0.226. The van der Waals surface area contributed by atoms with E-state index < -0.39 is 5.69 Å². The van der Waals surface area contributed by atoms with Gasteiger partial charge in [0.05, 0.1) is 5.39 Å². The molecule has 3 rings (SSSR count). The van der Waals surface area contributed by atoms with E-state index in [2.05, 4.69) is 4.98 Å². The summed E-state index contributed by atoms with van der Waals surface area (Å²) in [7, 11) is 3.02. The maximum absolute atomic E-state index is 13.2. The minimum Gasteiger partial charge on any atom is -0.280 e. The van der Waals surface area contributed by atoms with Crippen LogP contribution < -0.4 is 11.2 Å². The Hall–Kier alpha value is -2.41. The summed E-state index contributed by atoms with van der Waals surface area (Å²) in [4.78, 5) is 29.3. The molecule has 0 amide bonds. The van der Waals surface area contributed by atoms with Crippen molar-refractivity contribution >= 4 is 22.8 Å². The van der Waals surface area contributed by atoms with Crippen molar-refractivity contribution in [3.05, 3.63) is 68.7 Å². The van der Waals surface area contributed by atoms with Crippen LogP contribution in [0.4, 0.5) is 4.39 Å². The van der Waals surface area contributed by atoms with Crippen LogP contribution >= 0.6 is 11.8 Å². The number of pyridine rings is 1. The highest BCUT2D eigenvalue weighted by Crippen LogP contribution is 2.27. The monoisotopic (exact) mass is 331 g/mol. The number of aryl methyl sites for hydroxylation is 1. The quantitative estimate of drug-likeness (QED) is 0.690. The molecule has 7 heteroatoms. The van der Waals surface area contributed by atoms with E-state index in [-0.39, 0.29) is 11.4 Å². The van der Waals surface area contributed by atoms with Crippen LogP contribution in [0.2, 0.25) is 0 Å². The van der Waals surface area contributed by atoms with E-state index in [9.17, 15) is 14.0 Å². The summed E-state index contributed by atoms with van der Waals surface area (Å²) in [5.41, 5.74) is 0.379. The molecule has 0 aliphatic carbocycles. The predicted molar refractivity (Wildman–Crippen MR) is 88.2 cm³/mol. The molecular formula is C16H14FN3O2S. The summed E-state index contributed by atoms with van der Waals surface area (Å²) in [6, 6.07) is 8.07. The van der Waals surface area contributed by atoms with E-state index in [1.165, 1.54) is 35.5 Å². The lowest BCUT2D eigenvalue weighted by Crippen LogP contribution is -2.37. The van der Waals surface area contributed by atoms with Crippen molar-refractivity contribution in [2.45, 2.75) is 10.6 Å². The molecule has 0 bridgehead atoms. The number of thioether (sulfide) groups is 1. The van der Waals surface area contributed by atoms with Gasteiger partial charge >= 0.3 is 5.69 Å². The number of hydrogen-bond donors (Lipinski definition) is 0. The van der Waals surface area contributed by atoms with Crippen LogP contribution in [0.25, 0.3) is 11.0 Å². The number of fused-ring (bicyclic) bond motifs is 1. The largest absolute Gasteiger partial charge is 0.332 e. The molecule has 0 unspecified atom stereocenters. The Balaban J connectivity index is 2.08. The summed E-state index contributed by atoms with van der Waals surface area (Å²) >= 11 is 1.41. The Morgan fingerprint density at radius 1 is 1.17 bits per heavy atom. The Kier molecular flexibility index (Phi) is 4.04. The van der Waals surface area contributed by atoms with Crippen LogP contribution in [0.5, 0.6) is 0 Å². The SMILES string of the molecule is Cn1c(=O)c2c(SCc3cccc(F)c3)ccnc2n(C)c1=O. The number of rotatable bonds is 3. The maximum Gasteiger partial charge on any atom is 0.332 e. The van der Waals surface area contributed by atoms with Crippen LogP contribution in [0.3, 0.4) is 0 Å². The normalized spacial score (nSPS) is 11.1. The fourth-order valence-electron chi connectivity index (χ4n) is 2.37. The lowest BCUT2D eigenvalue weighted by Gasteiger charge is -2.10. The van der Waals surface area contributed by atoms with E-state index in [4.69, 9.17) is 0 Å². The second-order valence-corrected chi connectivity index (χ2v) is 6.15. The van der Waals surface area contributed by atoms with Crippen LogP contribution in [0.1, 0.15) is 5.56 Å². The molecule has 0 aliphatic heterocycles. The molecule has 0 saturated carbocycles. The molecule has 3 aromatic rings. The first-order valence-corrected chi connectivity index (χ1v) is 7.89. The second-order valence-electron chi connectivity index (χ2n) is 5.13. The smallest absolute Gasteiger partial charge is 0.280 e. The average molecular weight is 331 g/mol. The van der Waals surface area contributed by atoms with Gasteiger partial charge in [0.1, 0.15) is 11.5 Å². The summed E-state index contributed by atoms with van der Waals surface area (Å²) in [6.07, 6.45) is 1.56. The molecule has 0 radical (unpaired) electrons. The molecule has 2 aromatic heterocycles. The minimum atomic E-state index is -0.415. The Morgan fingerprint density at radius 2 is 1.96 bits per heavy atom. The molecule has 5 nitrogen and oxygen atoms in total. The molecular weight excluding hydrogens is 317 g/mol. The van der Waals surface area contributed by atoms with Crippen molar-refractivity contribution in [1.82, 2.24) is 14.1 Å². The molecule has 0 spiro atoms. The highest BCUT2D eigenvalue weighted by atomic mass is 32.2. The highest BCUT2D eigenvalue weighted by molar-refractivity contribution is 7.98. The van der Waals surface area contributed by atoms with Gasteiger partial charge in [-0.2, -0.15) is 0 Å². The van der Waals surface area contributed by atoms with Crippen molar-refractivity contribution in [2.24, 2.45) is 14.1 Å². The molecule has 0 fully saturated rings. The number of hydrogen-bond acceptors (Lipinski definition) is 4. The third kappa shape index (κ3) is 2.79. The first kappa shape index (κ1) is 15.5. The molecule has 0 atom stereocenters. The molecule has 2 heterocycles. The first-order chi connectivity index (χ1) is 11.0. The zero-order valence-electron chi connectivity index (χ0n) is 12.6. The van der Waals surface area contributed by atoms with Crippen molar-refractivity contribution < 1.29 is 4.39 Å². The topological polar surface area (TPSA) is 56.9 Å². The summed E-state index contributed by atoms with van der Waals surface area (Å²) < 4.78 is 15.7. The van der Waals surface area contributed by atoms with Crippen LogP contribution in [-0.4, -0.2) is 14.1 Å². The minimum absolute atomic E-state index is 0.291. The van der Waals surface area contributed by atoms with Crippen molar-refractivity contribution in [2.75, 3.05) is 0 Å². The molecule has 1 aromatic carbocycles. The second kappa shape index (κ2) is 6.00.